The van der Waals surface area contributed by atoms with Gasteiger partial charge in [-0.25, -0.2) is 4.39 Å². The van der Waals surface area contributed by atoms with Crippen molar-refractivity contribution in [3.8, 4) is 0 Å². The zero-order valence-corrected chi connectivity index (χ0v) is 12.3. The standard InChI is InChI=1S/C17H18FN3O/c18-14-6-2-3-7-15(14)20-13-8-9-19-16(12-13)17(22)21-10-4-1-5-11-21/h2-3,6-9,12H,1,4-5,10-11H2,(H,19,20). The molecule has 0 aliphatic carbocycles. The van der Waals surface area contributed by atoms with Gasteiger partial charge in [0.1, 0.15) is 11.5 Å². The maximum atomic E-state index is 13.7. The monoisotopic (exact) mass is 299 g/mol. The summed E-state index contributed by atoms with van der Waals surface area (Å²) in [6.45, 7) is 1.57. The number of anilines is 2. The number of amides is 1. The van der Waals surface area contributed by atoms with Crippen LogP contribution in [0.4, 0.5) is 15.8 Å². The van der Waals surface area contributed by atoms with Crippen molar-refractivity contribution >= 4 is 17.3 Å². The summed E-state index contributed by atoms with van der Waals surface area (Å²) in [6, 6.07) is 9.83. The molecule has 1 aromatic carbocycles. The van der Waals surface area contributed by atoms with Gasteiger partial charge in [0, 0.05) is 25.0 Å². The first-order valence-corrected chi connectivity index (χ1v) is 7.51. The molecule has 5 heteroatoms. The molecule has 1 aromatic heterocycles. The van der Waals surface area contributed by atoms with Gasteiger partial charge in [0.05, 0.1) is 5.69 Å². The molecule has 0 unspecified atom stereocenters. The van der Waals surface area contributed by atoms with E-state index >= 15 is 0 Å². The second-order valence-electron chi connectivity index (χ2n) is 5.39. The fourth-order valence-electron chi connectivity index (χ4n) is 2.60. The van der Waals surface area contributed by atoms with E-state index in [2.05, 4.69) is 10.3 Å². The maximum Gasteiger partial charge on any atom is 0.272 e. The zero-order chi connectivity index (χ0) is 15.4. The van der Waals surface area contributed by atoms with Crippen LogP contribution in [0.3, 0.4) is 0 Å². The second-order valence-corrected chi connectivity index (χ2v) is 5.39. The number of nitrogens with one attached hydrogen (secondary N) is 1. The molecule has 3 rings (SSSR count). The SMILES string of the molecule is O=C(c1cc(Nc2ccccc2F)ccn1)N1CCCCC1. The molecule has 1 saturated heterocycles. The van der Waals surface area contributed by atoms with Gasteiger partial charge in [-0.1, -0.05) is 12.1 Å². The van der Waals surface area contributed by atoms with Gasteiger partial charge in [0.15, 0.2) is 0 Å². The number of aromatic nitrogens is 1. The van der Waals surface area contributed by atoms with Crippen molar-refractivity contribution in [2.45, 2.75) is 19.3 Å². The van der Waals surface area contributed by atoms with E-state index in [0.29, 0.717) is 17.1 Å². The first-order chi connectivity index (χ1) is 10.7. The second kappa shape index (κ2) is 6.56. The number of carbonyl (C=O) groups is 1. The highest BCUT2D eigenvalue weighted by Gasteiger charge is 2.19. The van der Waals surface area contributed by atoms with E-state index in [1.54, 1.807) is 36.5 Å². The van der Waals surface area contributed by atoms with Crippen molar-refractivity contribution < 1.29 is 9.18 Å². The lowest BCUT2D eigenvalue weighted by Gasteiger charge is -2.26. The summed E-state index contributed by atoms with van der Waals surface area (Å²) in [5.41, 5.74) is 1.42. The predicted octanol–water partition coefficient (Wildman–Crippen LogP) is 3.59. The van der Waals surface area contributed by atoms with E-state index in [-0.39, 0.29) is 11.7 Å². The van der Waals surface area contributed by atoms with Crippen molar-refractivity contribution in [2.75, 3.05) is 18.4 Å². The third-order valence-corrected chi connectivity index (χ3v) is 3.78. The van der Waals surface area contributed by atoms with Crippen LogP contribution in [0.1, 0.15) is 29.8 Å². The fourth-order valence-corrected chi connectivity index (χ4v) is 2.60. The van der Waals surface area contributed by atoms with E-state index in [0.717, 1.165) is 25.9 Å². The summed E-state index contributed by atoms with van der Waals surface area (Å²) < 4.78 is 13.7. The van der Waals surface area contributed by atoms with Gasteiger partial charge in [0.25, 0.3) is 5.91 Å². The third kappa shape index (κ3) is 3.24. The number of nitrogens with zero attached hydrogens (tertiary/aromatic N) is 2. The van der Waals surface area contributed by atoms with Gasteiger partial charge in [-0.3, -0.25) is 9.78 Å². The Balaban J connectivity index is 1.77. The molecule has 22 heavy (non-hydrogen) atoms. The molecule has 2 heterocycles. The zero-order valence-electron chi connectivity index (χ0n) is 12.3. The molecule has 0 bridgehead atoms. The Labute approximate surface area is 129 Å². The van der Waals surface area contributed by atoms with Crippen LogP contribution < -0.4 is 5.32 Å². The van der Waals surface area contributed by atoms with Crippen LogP contribution in [-0.2, 0) is 0 Å². The number of likely N-dealkylation sites (tertiary alicyclic amines) is 1. The number of hydrogen-bond donors (Lipinski definition) is 1. The minimum Gasteiger partial charge on any atom is -0.353 e. The van der Waals surface area contributed by atoms with Crippen LogP contribution in [0.5, 0.6) is 0 Å². The molecular formula is C17H18FN3O. The number of pyridine rings is 1. The van der Waals surface area contributed by atoms with Crippen molar-refractivity contribution in [3.63, 3.8) is 0 Å². The summed E-state index contributed by atoms with van der Waals surface area (Å²) in [5.74, 6) is -0.389. The lowest BCUT2D eigenvalue weighted by molar-refractivity contribution is 0.0718. The Morgan fingerprint density at radius 1 is 1.14 bits per heavy atom. The fraction of sp³-hybridized carbons (Fsp3) is 0.294. The maximum absolute atomic E-state index is 13.7. The Bertz CT molecular complexity index is 668. The smallest absolute Gasteiger partial charge is 0.272 e. The van der Waals surface area contributed by atoms with Crippen molar-refractivity contribution in [1.29, 1.82) is 0 Å². The molecule has 1 amide bonds. The number of halogens is 1. The average Bonchev–Trinajstić information content (AvgIpc) is 2.57. The first-order valence-electron chi connectivity index (χ1n) is 7.51. The molecule has 1 aliphatic heterocycles. The largest absolute Gasteiger partial charge is 0.353 e. The lowest BCUT2D eigenvalue weighted by atomic mass is 10.1. The summed E-state index contributed by atoms with van der Waals surface area (Å²) >= 11 is 0. The quantitative estimate of drug-likeness (QED) is 0.942. The molecule has 4 nitrogen and oxygen atoms in total. The van der Waals surface area contributed by atoms with E-state index in [9.17, 15) is 9.18 Å². The van der Waals surface area contributed by atoms with E-state index in [1.165, 1.54) is 12.5 Å². The van der Waals surface area contributed by atoms with E-state index < -0.39 is 0 Å². The Hall–Kier alpha value is -2.43. The van der Waals surface area contributed by atoms with Crippen LogP contribution in [0.25, 0.3) is 0 Å². The molecule has 0 radical (unpaired) electrons. The third-order valence-electron chi connectivity index (χ3n) is 3.78. The summed E-state index contributed by atoms with van der Waals surface area (Å²) in [7, 11) is 0. The van der Waals surface area contributed by atoms with Crippen LogP contribution in [0.15, 0.2) is 42.6 Å². The molecule has 0 atom stereocenters. The van der Waals surface area contributed by atoms with E-state index in [1.807, 2.05) is 4.90 Å². The van der Waals surface area contributed by atoms with Gasteiger partial charge in [-0.2, -0.15) is 0 Å². The highest BCUT2D eigenvalue weighted by Crippen LogP contribution is 2.20. The van der Waals surface area contributed by atoms with Crippen molar-refractivity contribution in [2.24, 2.45) is 0 Å². The Morgan fingerprint density at radius 3 is 2.68 bits per heavy atom. The highest BCUT2D eigenvalue weighted by atomic mass is 19.1. The molecule has 2 aromatic rings. The Morgan fingerprint density at radius 2 is 1.91 bits per heavy atom. The summed E-state index contributed by atoms with van der Waals surface area (Å²) in [6.07, 6.45) is 4.82. The summed E-state index contributed by atoms with van der Waals surface area (Å²) in [5, 5.41) is 2.98. The molecular weight excluding hydrogens is 281 g/mol. The topological polar surface area (TPSA) is 45.2 Å². The van der Waals surface area contributed by atoms with Crippen LogP contribution in [0, 0.1) is 5.82 Å². The highest BCUT2D eigenvalue weighted by molar-refractivity contribution is 5.93. The molecule has 0 spiro atoms. The lowest BCUT2D eigenvalue weighted by Crippen LogP contribution is -2.36. The normalized spacial score (nSPS) is 14.7. The summed E-state index contributed by atoms with van der Waals surface area (Å²) in [4.78, 5) is 18.4. The van der Waals surface area contributed by atoms with Crippen LogP contribution >= 0.6 is 0 Å². The molecule has 114 valence electrons. The van der Waals surface area contributed by atoms with Gasteiger partial charge in [0.2, 0.25) is 0 Å². The molecule has 1 aliphatic rings. The molecule has 1 N–H and O–H groups in total. The molecule has 0 saturated carbocycles. The number of rotatable bonds is 3. The number of carbonyl (C=O) groups excluding carboxylic acids is 1. The Kier molecular flexibility index (Phi) is 4.32. The van der Waals surface area contributed by atoms with Crippen molar-refractivity contribution in [1.82, 2.24) is 9.88 Å². The van der Waals surface area contributed by atoms with Gasteiger partial charge in [-0.05, 0) is 43.5 Å². The minimum atomic E-state index is -0.330. The minimum absolute atomic E-state index is 0.0584. The van der Waals surface area contributed by atoms with E-state index in [4.69, 9.17) is 0 Å². The predicted molar refractivity (Wildman–Crippen MR) is 83.7 cm³/mol. The number of para-hydroxylation sites is 1. The van der Waals surface area contributed by atoms with Crippen molar-refractivity contribution in [3.05, 3.63) is 54.1 Å². The van der Waals surface area contributed by atoms with Gasteiger partial charge < -0.3 is 10.2 Å². The number of hydrogen-bond acceptors (Lipinski definition) is 3. The first kappa shape index (κ1) is 14.5. The number of piperidine rings is 1. The van der Waals surface area contributed by atoms with Gasteiger partial charge >= 0.3 is 0 Å². The van der Waals surface area contributed by atoms with Gasteiger partial charge in [-0.15, -0.1) is 0 Å². The van der Waals surface area contributed by atoms with Crippen LogP contribution in [0.2, 0.25) is 0 Å². The number of benzene rings is 1. The average molecular weight is 299 g/mol. The molecule has 1 fully saturated rings. The van der Waals surface area contributed by atoms with Crippen LogP contribution in [-0.4, -0.2) is 28.9 Å².